The lowest BCUT2D eigenvalue weighted by molar-refractivity contribution is -0.148. The number of rotatable bonds is 14. The molecular weight excluding hydrogens is 440 g/mol. The fourth-order valence-corrected chi connectivity index (χ4v) is 5.26. The number of carbonyl (C=O) groups is 2. The van der Waals surface area contributed by atoms with E-state index in [2.05, 4.69) is 36.4 Å². The van der Waals surface area contributed by atoms with Crippen LogP contribution in [0, 0.1) is 10.8 Å². The number of carboxylic acids is 2. The van der Waals surface area contributed by atoms with E-state index in [-0.39, 0.29) is 0 Å². The lowest BCUT2D eigenvalue weighted by atomic mass is 9.87. The topological polar surface area (TPSA) is 74.6 Å². The van der Waals surface area contributed by atoms with Gasteiger partial charge in [0, 0.05) is 19.5 Å². The van der Waals surface area contributed by atoms with Crippen LogP contribution in [0.15, 0.2) is 24.3 Å². The van der Waals surface area contributed by atoms with Crippen molar-refractivity contribution >= 4 is 46.8 Å². The van der Waals surface area contributed by atoms with Crippen molar-refractivity contribution in [2.45, 2.75) is 79.1 Å². The average molecular weight is 477 g/mol. The molecule has 2 heterocycles. The Labute approximate surface area is 200 Å². The molecule has 2 N–H and O–H groups in total. The average Bonchev–Trinajstić information content (AvgIpc) is 3.36. The van der Waals surface area contributed by atoms with E-state index >= 15 is 0 Å². The maximum atomic E-state index is 11.2. The largest absolute Gasteiger partial charge is 0.481 e. The normalized spacial score (nSPS) is 12.5. The molecule has 0 saturated heterocycles. The summed E-state index contributed by atoms with van der Waals surface area (Å²) in [7, 11) is 0. The summed E-state index contributed by atoms with van der Waals surface area (Å²) in [5, 5.41) is 18.4. The zero-order valence-electron chi connectivity index (χ0n) is 19.6. The molecule has 0 aromatic carbocycles. The first-order valence-corrected chi connectivity index (χ1v) is 13.0. The Balaban J connectivity index is 1.74. The third-order valence-electron chi connectivity index (χ3n) is 5.88. The first-order valence-electron chi connectivity index (χ1n) is 11.3. The quantitative estimate of drug-likeness (QED) is 0.275. The maximum absolute atomic E-state index is 11.2. The standard InChI is InChI=1S/C26H36O4S2/c1-25(2,23(27)28)17-7-5-9-19-11-13-21(31-19)15-16-22-14-12-20(32-22)10-6-8-18-26(3,4)24(29)30/h11-16H,5-10,17-18H2,1-4H3,(H,27,28)(H,29,30)/b16-15-. The number of aliphatic carboxylic acids is 2. The molecule has 0 bridgehead atoms. The Morgan fingerprint density at radius 1 is 0.719 bits per heavy atom. The fourth-order valence-electron chi connectivity index (χ4n) is 3.35. The second-order valence-corrected chi connectivity index (χ2v) is 12.1. The van der Waals surface area contributed by atoms with Crippen molar-refractivity contribution in [1.82, 2.24) is 0 Å². The molecule has 4 nitrogen and oxygen atoms in total. The minimum Gasteiger partial charge on any atom is -0.481 e. The number of hydrogen-bond donors (Lipinski definition) is 2. The Morgan fingerprint density at radius 2 is 1.09 bits per heavy atom. The van der Waals surface area contributed by atoms with Crippen molar-refractivity contribution in [3.8, 4) is 0 Å². The van der Waals surface area contributed by atoms with Crippen LogP contribution in [0.25, 0.3) is 12.2 Å². The van der Waals surface area contributed by atoms with Crippen molar-refractivity contribution in [1.29, 1.82) is 0 Å². The fraction of sp³-hybridized carbons (Fsp3) is 0.538. The van der Waals surface area contributed by atoms with Gasteiger partial charge in [0.1, 0.15) is 0 Å². The van der Waals surface area contributed by atoms with Crippen LogP contribution in [0.4, 0.5) is 0 Å². The van der Waals surface area contributed by atoms with E-state index in [9.17, 15) is 19.8 Å². The molecule has 32 heavy (non-hydrogen) atoms. The number of unbranched alkanes of at least 4 members (excludes halogenated alkanes) is 2. The minimum absolute atomic E-state index is 0.641. The van der Waals surface area contributed by atoms with Crippen LogP contribution in [0.3, 0.4) is 0 Å². The van der Waals surface area contributed by atoms with Gasteiger partial charge in [0.15, 0.2) is 0 Å². The first kappa shape index (κ1) is 26.3. The second kappa shape index (κ2) is 11.8. The summed E-state index contributed by atoms with van der Waals surface area (Å²) in [5.41, 5.74) is -1.28. The lowest BCUT2D eigenvalue weighted by Gasteiger charge is -2.18. The summed E-state index contributed by atoms with van der Waals surface area (Å²) in [4.78, 5) is 27.5. The summed E-state index contributed by atoms with van der Waals surface area (Å²) >= 11 is 3.60. The molecule has 0 fully saturated rings. The van der Waals surface area contributed by atoms with Crippen molar-refractivity contribution in [3.63, 3.8) is 0 Å². The summed E-state index contributed by atoms with van der Waals surface area (Å²) in [6.45, 7) is 7.16. The van der Waals surface area contributed by atoms with E-state index < -0.39 is 22.8 Å². The molecule has 6 heteroatoms. The van der Waals surface area contributed by atoms with Crippen LogP contribution in [-0.2, 0) is 22.4 Å². The van der Waals surface area contributed by atoms with E-state index in [0.29, 0.717) is 12.8 Å². The van der Waals surface area contributed by atoms with Crippen molar-refractivity contribution < 1.29 is 19.8 Å². The third kappa shape index (κ3) is 8.55. The van der Waals surface area contributed by atoms with Crippen molar-refractivity contribution in [3.05, 3.63) is 43.8 Å². The van der Waals surface area contributed by atoms with E-state index in [0.717, 1.165) is 38.5 Å². The number of carboxylic acid groups (broad SMARTS) is 2. The van der Waals surface area contributed by atoms with Crippen LogP contribution < -0.4 is 0 Å². The van der Waals surface area contributed by atoms with E-state index in [1.165, 1.54) is 19.5 Å². The predicted molar refractivity (Wildman–Crippen MR) is 136 cm³/mol. The SMILES string of the molecule is CC(C)(CCCCc1ccc(/C=C\c2ccc(CCCCC(C)(C)C(=O)O)s2)s1)C(=O)O. The minimum atomic E-state index is -0.722. The predicted octanol–water partition coefficient (Wildman–Crippen LogP) is 7.63. The van der Waals surface area contributed by atoms with E-state index in [1.54, 1.807) is 50.4 Å². The Hall–Kier alpha value is -1.92. The molecule has 2 aromatic rings. The van der Waals surface area contributed by atoms with Gasteiger partial charge in [-0.2, -0.15) is 0 Å². The first-order chi connectivity index (χ1) is 15.0. The van der Waals surface area contributed by atoms with Gasteiger partial charge >= 0.3 is 11.9 Å². The summed E-state index contributed by atoms with van der Waals surface area (Å²) < 4.78 is 0. The number of thiophene rings is 2. The molecule has 2 rings (SSSR count). The highest BCUT2D eigenvalue weighted by molar-refractivity contribution is 7.13. The molecule has 0 radical (unpaired) electrons. The van der Waals surface area contributed by atoms with Gasteiger partial charge in [0.25, 0.3) is 0 Å². The molecule has 176 valence electrons. The van der Waals surface area contributed by atoms with Gasteiger partial charge < -0.3 is 10.2 Å². The van der Waals surface area contributed by atoms with Crippen LogP contribution >= 0.6 is 22.7 Å². The highest BCUT2D eigenvalue weighted by Crippen LogP contribution is 2.28. The van der Waals surface area contributed by atoms with Gasteiger partial charge in [-0.15, -0.1) is 22.7 Å². The van der Waals surface area contributed by atoms with Crippen LogP contribution in [0.2, 0.25) is 0 Å². The van der Waals surface area contributed by atoms with Crippen molar-refractivity contribution in [2.75, 3.05) is 0 Å². The monoisotopic (exact) mass is 476 g/mol. The van der Waals surface area contributed by atoms with Crippen LogP contribution in [-0.4, -0.2) is 22.2 Å². The smallest absolute Gasteiger partial charge is 0.309 e. The molecule has 0 atom stereocenters. The summed E-state index contributed by atoms with van der Waals surface area (Å²) in [6, 6.07) is 8.64. The number of aryl methyl sites for hydroxylation is 2. The van der Waals surface area contributed by atoms with Crippen LogP contribution in [0.5, 0.6) is 0 Å². The molecule has 2 aromatic heterocycles. The zero-order valence-corrected chi connectivity index (χ0v) is 21.3. The molecular formula is C26H36O4S2. The summed E-state index contributed by atoms with van der Waals surface area (Å²) in [5.74, 6) is -1.44. The molecule has 0 aliphatic heterocycles. The second-order valence-electron chi connectivity index (χ2n) is 9.73. The highest BCUT2D eigenvalue weighted by atomic mass is 32.1. The number of hydrogen-bond acceptors (Lipinski definition) is 4. The van der Waals surface area contributed by atoms with E-state index in [4.69, 9.17) is 0 Å². The van der Waals surface area contributed by atoms with Gasteiger partial charge in [-0.1, -0.05) is 12.8 Å². The molecule has 0 unspecified atom stereocenters. The van der Waals surface area contributed by atoms with Crippen molar-refractivity contribution in [2.24, 2.45) is 10.8 Å². The van der Waals surface area contributed by atoms with E-state index in [1.807, 2.05) is 0 Å². The Bertz CT molecular complexity index is 844. The van der Waals surface area contributed by atoms with Gasteiger partial charge in [-0.25, -0.2) is 0 Å². The molecule has 0 spiro atoms. The Kier molecular flexibility index (Phi) is 9.71. The zero-order chi connectivity index (χ0) is 23.8. The summed E-state index contributed by atoms with van der Waals surface area (Å²) in [6.07, 6.45) is 11.6. The van der Waals surface area contributed by atoms with Gasteiger partial charge in [-0.3, -0.25) is 9.59 Å². The maximum Gasteiger partial charge on any atom is 0.309 e. The Morgan fingerprint density at radius 3 is 1.44 bits per heavy atom. The molecule has 0 aliphatic rings. The van der Waals surface area contributed by atoms with Gasteiger partial charge in [-0.05, 0) is 103 Å². The van der Waals surface area contributed by atoms with Gasteiger partial charge in [0.2, 0.25) is 0 Å². The molecule has 0 aliphatic carbocycles. The molecule has 0 amide bonds. The lowest BCUT2D eigenvalue weighted by Crippen LogP contribution is -2.23. The third-order valence-corrected chi connectivity index (χ3v) is 8.11. The highest BCUT2D eigenvalue weighted by Gasteiger charge is 2.26. The molecule has 0 saturated carbocycles. The van der Waals surface area contributed by atoms with Gasteiger partial charge in [0.05, 0.1) is 10.8 Å². The van der Waals surface area contributed by atoms with Crippen LogP contribution in [0.1, 0.15) is 85.7 Å².